The van der Waals surface area contributed by atoms with Crippen molar-refractivity contribution >= 4 is 29.2 Å². The van der Waals surface area contributed by atoms with E-state index in [2.05, 4.69) is 129 Å². The van der Waals surface area contributed by atoms with Crippen molar-refractivity contribution in [2.75, 3.05) is 12.0 Å². The fraction of sp³-hybridized carbons (Fsp3) is 0.133. The molecule has 0 unspecified atom stereocenters. The Morgan fingerprint density at radius 2 is 1.03 bits per heavy atom. The van der Waals surface area contributed by atoms with Crippen LogP contribution < -0.4 is 9.64 Å². The second kappa shape index (κ2) is 9.57. The molecule has 0 aliphatic rings. The van der Waals surface area contributed by atoms with Gasteiger partial charge in [-0.1, -0.05) is 77.4 Å². The maximum atomic E-state index is 5.78. The zero-order chi connectivity index (χ0) is 22.5. The summed E-state index contributed by atoms with van der Waals surface area (Å²) >= 11 is 0. The van der Waals surface area contributed by atoms with E-state index in [1.165, 1.54) is 22.3 Å². The van der Waals surface area contributed by atoms with Gasteiger partial charge in [0.1, 0.15) is 5.75 Å². The molecule has 0 aliphatic carbocycles. The number of methoxy groups -OCH3 is 1. The molecule has 2 heteroatoms. The summed E-state index contributed by atoms with van der Waals surface area (Å²) in [6.45, 7) is 6.32. The van der Waals surface area contributed by atoms with Gasteiger partial charge in [-0.15, -0.1) is 0 Å². The lowest BCUT2D eigenvalue weighted by molar-refractivity contribution is 0.414. The van der Waals surface area contributed by atoms with E-state index >= 15 is 0 Å². The van der Waals surface area contributed by atoms with Gasteiger partial charge in [0.05, 0.1) is 7.11 Å². The first-order valence-electron chi connectivity index (χ1n) is 10.9. The summed E-state index contributed by atoms with van der Waals surface area (Å²) in [6, 6.07) is 32.1. The highest BCUT2D eigenvalue weighted by Gasteiger charge is 2.14. The lowest BCUT2D eigenvalue weighted by Gasteiger charge is -2.26. The highest BCUT2D eigenvalue weighted by molar-refractivity contribution is 5.80. The molecule has 0 atom stereocenters. The molecule has 0 saturated heterocycles. The van der Waals surface area contributed by atoms with Gasteiger partial charge < -0.3 is 9.64 Å². The minimum atomic E-state index is 0.843. The largest absolute Gasteiger partial charge is 0.496 e. The van der Waals surface area contributed by atoms with Crippen molar-refractivity contribution in [3.05, 3.63) is 119 Å². The predicted molar refractivity (Wildman–Crippen MR) is 137 cm³/mol. The fourth-order valence-corrected chi connectivity index (χ4v) is 3.68. The molecule has 0 fully saturated rings. The van der Waals surface area contributed by atoms with Crippen LogP contribution in [0.15, 0.2) is 91.0 Å². The van der Waals surface area contributed by atoms with E-state index in [0.29, 0.717) is 0 Å². The first-order valence-corrected chi connectivity index (χ1v) is 10.9. The van der Waals surface area contributed by atoms with Crippen LogP contribution in [0.4, 0.5) is 17.1 Å². The van der Waals surface area contributed by atoms with E-state index in [1.807, 2.05) is 0 Å². The molecular weight excluding hydrogens is 390 g/mol. The predicted octanol–water partition coefficient (Wildman–Crippen LogP) is 8.26. The Hall–Kier alpha value is -3.78. The van der Waals surface area contributed by atoms with Crippen molar-refractivity contribution in [3.63, 3.8) is 0 Å². The molecule has 0 amide bonds. The van der Waals surface area contributed by atoms with Crippen LogP contribution in [0.5, 0.6) is 5.75 Å². The Bertz CT molecular complexity index is 1160. The van der Waals surface area contributed by atoms with Gasteiger partial charge in [0.15, 0.2) is 0 Å². The smallest absolute Gasteiger partial charge is 0.128 e. The Balaban J connectivity index is 1.73. The molecule has 0 heterocycles. The minimum Gasteiger partial charge on any atom is -0.496 e. The van der Waals surface area contributed by atoms with Gasteiger partial charge in [-0.25, -0.2) is 0 Å². The summed E-state index contributed by atoms with van der Waals surface area (Å²) in [4.78, 5) is 2.26. The van der Waals surface area contributed by atoms with Crippen molar-refractivity contribution in [3.8, 4) is 5.75 Å². The highest BCUT2D eigenvalue weighted by atomic mass is 16.5. The number of benzene rings is 4. The second-order valence-corrected chi connectivity index (χ2v) is 8.18. The summed E-state index contributed by atoms with van der Waals surface area (Å²) in [7, 11) is 1.73. The van der Waals surface area contributed by atoms with Gasteiger partial charge in [-0.05, 0) is 62.7 Å². The number of anilines is 3. The Morgan fingerprint density at radius 3 is 1.53 bits per heavy atom. The van der Waals surface area contributed by atoms with Crippen LogP contribution in [-0.4, -0.2) is 7.11 Å². The van der Waals surface area contributed by atoms with Crippen molar-refractivity contribution in [2.24, 2.45) is 0 Å². The van der Waals surface area contributed by atoms with Crippen LogP contribution in [0.2, 0.25) is 0 Å². The van der Waals surface area contributed by atoms with Crippen LogP contribution >= 0.6 is 0 Å². The summed E-state index contributed by atoms with van der Waals surface area (Å²) in [5.41, 5.74) is 9.25. The number of ether oxygens (including phenoxy) is 1. The third-order valence-electron chi connectivity index (χ3n) is 5.59. The van der Waals surface area contributed by atoms with Crippen molar-refractivity contribution in [1.82, 2.24) is 0 Å². The average Bonchev–Trinajstić information content (AvgIpc) is 2.81. The van der Waals surface area contributed by atoms with Crippen LogP contribution in [0.25, 0.3) is 12.2 Å². The molecule has 0 radical (unpaired) electrons. The summed E-state index contributed by atoms with van der Waals surface area (Å²) in [5, 5.41) is 0. The molecule has 0 bridgehead atoms. The fourth-order valence-electron chi connectivity index (χ4n) is 3.68. The zero-order valence-electron chi connectivity index (χ0n) is 19.2. The molecular formula is C30H29NO. The Kier molecular flexibility index (Phi) is 6.42. The summed E-state index contributed by atoms with van der Waals surface area (Å²) < 4.78 is 5.78. The van der Waals surface area contributed by atoms with Crippen LogP contribution in [0.1, 0.15) is 27.8 Å². The molecule has 4 rings (SSSR count). The van der Waals surface area contributed by atoms with Gasteiger partial charge in [0.2, 0.25) is 0 Å². The lowest BCUT2D eigenvalue weighted by atomic mass is 10.1. The van der Waals surface area contributed by atoms with Gasteiger partial charge in [0.25, 0.3) is 0 Å². The first-order chi connectivity index (χ1) is 15.5. The quantitative estimate of drug-likeness (QED) is 0.292. The summed E-state index contributed by atoms with van der Waals surface area (Å²) in [5.74, 6) is 0.843. The molecule has 0 aliphatic heterocycles. The molecule has 2 nitrogen and oxygen atoms in total. The van der Waals surface area contributed by atoms with Gasteiger partial charge in [-0.2, -0.15) is 0 Å². The van der Waals surface area contributed by atoms with Crippen LogP contribution in [-0.2, 0) is 0 Å². The van der Waals surface area contributed by atoms with E-state index < -0.39 is 0 Å². The van der Waals surface area contributed by atoms with Crippen molar-refractivity contribution in [1.29, 1.82) is 0 Å². The lowest BCUT2D eigenvalue weighted by Crippen LogP contribution is -2.10. The van der Waals surface area contributed by atoms with Crippen LogP contribution in [0.3, 0.4) is 0 Å². The van der Waals surface area contributed by atoms with E-state index in [1.54, 1.807) is 7.11 Å². The van der Waals surface area contributed by atoms with E-state index in [0.717, 1.165) is 28.4 Å². The topological polar surface area (TPSA) is 12.5 Å². The van der Waals surface area contributed by atoms with E-state index in [4.69, 9.17) is 4.74 Å². The Labute approximate surface area is 191 Å². The minimum absolute atomic E-state index is 0.843. The molecule has 32 heavy (non-hydrogen) atoms. The van der Waals surface area contributed by atoms with E-state index in [9.17, 15) is 0 Å². The molecule has 4 aromatic carbocycles. The second-order valence-electron chi connectivity index (χ2n) is 8.18. The molecule has 0 N–H and O–H groups in total. The summed E-state index contributed by atoms with van der Waals surface area (Å²) in [6.07, 6.45) is 4.23. The number of hydrogen-bond acceptors (Lipinski definition) is 2. The molecule has 0 aromatic heterocycles. The van der Waals surface area contributed by atoms with Gasteiger partial charge in [-0.3, -0.25) is 0 Å². The number of nitrogens with zero attached hydrogens (tertiary/aromatic N) is 1. The Morgan fingerprint density at radius 1 is 0.562 bits per heavy atom. The zero-order valence-corrected chi connectivity index (χ0v) is 19.2. The average molecular weight is 420 g/mol. The van der Waals surface area contributed by atoms with Gasteiger partial charge >= 0.3 is 0 Å². The number of rotatable bonds is 6. The standard InChI is InChI=1S/C30H29NO/c1-22-5-11-25(12-6-22)13-14-26-15-20-29(21-30(26)32-4)31(27-16-7-23(2)8-17-27)28-18-9-24(3)10-19-28/h5-21H,1-4H3/b14-13+. The third-order valence-corrected chi connectivity index (χ3v) is 5.59. The number of hydrogen-bond donors (Lipinski definition) is 0. The monoisotopic (exact) mass is 419 g/mol. The molecule has 0 saturated carbocycles. The van der Waals surface area contributed by atoms with Crippen LogP contribution in [0, 0.1) is 20.8 Å². The van der Waals surface area contributed by atoms with Crippen molar-refractivity contribution < 1.29 is 4.74 Å². The van der Waals surface area contributed by atoms with E-state index in [-0.39, 0.29) is 0 Å². The van der Waals surface area contributed by atoms with Gasteiger partial charge in [0, 0.05) is 28.7 Å². The normalized spacial score (nSPS) is 11.0. The maximum Gasteiger partial charge on any atom is 0.128 e. The molecule has 160 valence electrons. The SMILES string of the molecule is COc1cc(N(c2ccc(C)cc2)c2ccc(C)cc2)ccc1/C=C/c1ccc(C)cc1. The third kappa shape index (κ3) is 4.92. The maximum absolute atomic E-state index is 5.78. The highest BCUT2D eigenvalue weighted by Crippen LogP contribution is 2.37. The molecule has 4 aromatic rings. The molecule has 0 spiro atoms. The van der Waals surface area contributed by atoms with Crippen molar-refractivity contribution in [2.45, 2.75) is 20.8 Å². The first kappa shape index (κ1) is 21.5. The number of aryl methyl sites for hydroxylation is 3.